The van der Waals surface area contributed by atoms with E-state index >= 15 is 0 Å². The van der Waals surface area contributed by atoms with E-state index in [1.807, 2.05) is 12.1 Å². The average Bonchev–Trinajstić information content (AvgIpc) is 3.15. The van der Waals surface area contributed by atoms with Gasteiger partial charge in [-0.2, -0.15) is 0 Å². The van der Waals surface area contributed by atoms with Gasteiger partial charge in [0.15, 0.2) is 15.0 Å². The molecule has 2 N–H and O–H groups in total. The molecule has 3 heterocycles. The van der Waals surface area contributed by atoms with Gasteiger partial charge in [0.2, 0.25) is 0 Å². The number of fused-ring (bicyclic) bond motifs is 1. The number of hydrogen-bond donors (Lipinski definition) is 2. The van der Waals surface area contributed by atoms with Crippen molar-refractivity contribution in [3.8, 4) is 0 Å². The standard InChI is InChI=1S/C18H24N4O4S2/c23-17(19-5-6-22-7-9-26-10-8-22)13-1-3-14(4-2-13)20-18-21-15-11-28(24,25)12-16(15)27-18/h1-4,15-16H,5-12H2,(H,19,23)(H,20,21). The number of ether oxygens (including phenoxy) is 1. The molecule has 10 heteroatoms. The zero-order valence-electron chi connectivity index (χ0n) is 15.5. The number of sulfone groups is 1. The number of anilines is 1. The Labute approximate surface area is 169 Å². The molecule has 0 spiro atoms. The van der Waals surface area contributed by atoms with Crippen LogP contribution in [0.25, 0.3) is 0 Å². The number of amides is 1. The molecule has 0 radical (unpaired) electrons. The predicted octanol–water partition coefficient (Wildman–Crippen LogP) is 0.429. The zero-order valence-corrected chi connectivity index (χ0v) is 17.1. The van der Waals surface area contributed by atoms with Crippen molar-refractivity contribution in [2.45, 2.75) is 11.3 Å². The molecule has 1 aromatic carbocycles. The van der Waals surface area contributed by atoms with Crippen molar-refractivity contribution in [1.82, 2.24) is 10.2 Å². The lowest BCUT2D eigenvalue weighted by molar-refractivity contribution is 0.0383. The van der Waals surface area contributed by atoms with Gasteiger partial charge in [-0.3, -0.25) is 14.7 Å². The predicted molar refractivity (Wildman–Crippen MR) is 111 cm³/mol. The molecule has 3 aliphatic heterocycles. The molecule has 0 saturated carbocycles. The number of rotatable bonds is 5. The Morgan fingerprint density at radius 2 is 1.96 bits per heavy atom. The third kappa shape index (κ3) is 4.86. The molecule has 2 unspecified atom stereocenters. The van der Waals surface area contributed by atoms with Gasteiger partial charge in [0.1, 0.15) is 0 Å². The fraction of sp³-hybridized carbons (Fsp3) is 0.556. The fourth-order valence-corrected chi connectivity index (χ4v) is 7.17. The van der Waals surface area contributed by atoms with E-state index in [1.165, 1.54) is 11.8 Å². The Bertz CT molecular complexity index is 851. The molecule has 152 valence electrons. The van der Waals surface area contributed by atoms with Crippen molar-refractivity contribution in [2.24, 2.45) is 4.99 Å². The van der Waals surface area contributed by atoms with E-state index in [1.54, 1.807) is 12.1 Å². The molecule has 0 aromatic heterocycles. The van der Waals surface area contributed by atoms with E-state index < -0.39 is 9.84 Å². The van der Waals surface area contributed by atoms with Crippen LogP contribution < -0.4 is 10.6 Å². The van der Waals surface area contributed by atoms with Crippen LogP contribution in [0.5, 0.6) is 0 Å². The fourth-order valence-electron chi connectivity index (χ4n) is 3.50. The number of aliphatic imine (C=N–C) groups is 1. The first kappa shape index (κ1) is 19.7. The van der Waals surface area contributed by atoms with Gasteiger partial charge in [0.05, 0.1) is 30.8 Å². The minimum Gasteiger partial charge on any atom is -0.379 e. The number of carbonyl (C=O) groups excluding carboxylic acids is 1. The lowest BCUT2D eigenvalue weighted by Gasteiger charge is -2.26. The summed E-state index contributed by atoms with van der Waals surface area (Å²) in [6.45, 7) is 4.76. The smallest absolute Gasteiger partial charge is 0.251 e. The van der Waals surface area contributed by atoms with Crippen LogP contribution in [0.1, 0.15) is 10.4 Å². The molecule has 2 saturated heterocycles. The summed E-state index contributed by atoms with van der Waals surface area (Å²) >= 11 is 1.48. The number of amidine groups is 1. The second-order valence-electron chi connectivity index (χ2n) is 7.15. The quantitative estimate of drug-likeness (QED) is 0.707. The zero-order chi connectivity index (χ0) is 19.6. The SMILES string of the molecule is O=C(NCCN1CCOCC1)c1ccc(NC2=NC3CS(=O)(=O)CC3S2)cc1. The van der Waals surface area contributed by atoms with Crippen LogP contribution in [0.15, 0.2) is 29.3 Å². The first-order valence-corrected chi connectivity index (χ1v) is 12.1. The third-order valence-electron chi connectivity index (χ3n) is 5.03. The van der Waals surface area contributed by atoms with Gasteiger partial charge in [-0.05, 0) is 24.3 Å². The summed E-state index contributed by atoms with van der Waals surface area (Å²) in [6.07, 6.45) is 0. The van der Waals surface area contributed by atoms with E-state index in [-0.39, 0.29) is 28.7 Å². The Hall–Kier alpha value is -1.62. The molecule has 28 heavy (non-hydrogen) atoms. The second-order valence-corrected chi connectivity index (χ2v) is 10.5. The number of thioether (sulfide) groups is 1. The van der Waals surface area contributed by atoms with Crippen molar-refractivity contribution in [1.29, 1.82) is 0 Å². The van der Waals surface area contributed by atoms with Gasteiger partial charge in [-0.1, -0.05) is 11.8 Å². The highest BCUT2D eigenvalue weighted by atomic mass is 32.2. The molecule has 2 atom stereocenters. The van der Waals surface area contributed by atoms with Crippen molar-refractivity contribution < 1.29 is 17.9 Å². The first-order valence-electron chi connectivity index (χ1n) is 9.39. The lowest BCUT2D eigenvalue weighted by Crippen LogP contribution is -2.41. The highest BCUT2D eigenvalue weighted by Gasteiger charge is 2.42. The van der Waals surface area contributed by atoms with E-state index in [0.29, 0.717) is 12.1 Å². The molecular weight excluding hydrogens is 400 g/mol. The number of nitrogens with one attached hydrogen (secondary N) is 2. The summed E-state index contributed by atoms with van der Waals surface area (Å²) in [5.41, 5.74) is 1.44. The monoisotopic (exact) mass is 424 g/mol. The van der Waals surface area contributed by atoms with Crippen molar-refractivity contribution >= 4 is 38.4 Å². The molecule has 0 aliphatic carbocycles. The molecule has 1 amide bonds. The highest BCUT2D eigenvalue weighted by molar-refractivity contribution is 8.15. The molecule has 8 nitrogen and oxygen atoms in total. The van der Waals surface area contributed by atoms with Crippen molar-refractivity contribution in [2.75, 3.05) is 56.2 Å². The first-order chi connectivity index (χ1) is 13.5. The van der Waals surface area contributed by atoms with Crippen LogP contribution in [0, 0.1) is 0 Å². The van der Waals surface area contributed by atoms with Gasteiger partial charge in [-0.25, -0.2) is 8.42 Å². The maximum atomic E-state index is 12.3. The van der Waals surface area contributed by atoms with E-state index in [4.69, 9.17) is 4.74 Å². The summed E-state index contributed by atoms with van der Waals surface area (Å²) in [5.74, 6) is 0.243. The van der Waals surface area contributed by atoms with Crippen LogP contribution >= 0.6 is 11.8 Å². The molecule has 0 bridgehead atoms. The minimum atomic E-state index is -2.94. The van der Waals surface area contributed by atoms with Crippen molar-refractivity contribution in [3.05, 3.63) is 29.8 Å². The number of hydrogen-bond acceptors (Lipinski definition) is 8. The molecule has 3 aliphatic rings. The molecule has 4 rings (SSSR count). The number of benzene rings is 1. The Kier molecular flexibility index (Phi) is 5.91. The van der Waals surface area contributed by atoms with Crippen LogP contribution in [0.4, 0.5) is 5.69 Å². The van der Waals surface area contributed by atoms with E-state index in [0.717, 1.165) is 43.7 Å². The van der Waals surface area contributed by atoms with Gasteiger partial charge in [0.25, 0.3) is 5.91 Å². The number of carbonyl (C=O) groups is 1. The lowest BCUT2D eigenvalue weighted by atomic mass is 10.2. The van der Waals surface area contributed by atoms with Gasteiger partial charge in [0, 0.05) is 42.7 Å². The molecule has 1 aromatic rings. The van der Waals surface area contributed by atoms with E-state index in [9.17, 15) is 13.2 Å². The minimum absolute atomic E-state index is 0.0176. The van der Waals surface area contributed by atoms with E-state index in [2.05, 4.69) is 20.5 Å². The third-order valence-corrected chi connectivity index (χ3v) is 8.18. The van der Waals surface area contributed by atoms with Crippen LogP contribution in [-0.4, -0.2) is 86.6 Å². The Morgan fingerprint density at radius 1 is 1.21 bits per heavy atom. The highest BCUT2D eigenvalue weighted by Crippen LogP contribution is 2.34. The second kappa shape index (κ2) is 8.40. The summed E-state index contributed by atoms with van der Waals surface area (Å²) in [6, 6.07) is 7.08. The summed E-state index contributed by atoms with van der Waals surface area (Å²) in [4.78, 5) is 19.0. The van der Waals surface area contributed by atoms with Crippen molar-refractivity contribution in [3.63, 3.8) is 0 Å². The number of nitrogens with zero attached hydrogens (tertiary/aromatic N) is 2. The van der Waals surface area contributed by atoms with Gasteiger partial charge < -0.3 is 15.4 Å². The molecular formula is C18H24N4O4S2. The Morgan fingerprint density at radius 3 is 2.68 bits per heavy atom. The van der Waals surface area contributed by atoms with Crippen LogP contribution in [0.3, 0.4) is 0 Å². The maximum absolute atomic E-state index is 12.3. The normalized spacial score (nSPS) is 26.5. The summed E-state index contributed by atoms with van der Waals surface area (Å²) < 4.78 is 28.6. The van der Waals surface area contributed by atoms with Gasteiger partial charge >= 0.3 is 0 Å². The Balaban J connectivity index is 1.25. The number of morpholine rings is 1. The topological polar surface area (TPSA) is 100 Å². The largest absolute Gasteiger partial charge is 0.379 e. The molecule has 2 fully saturated rings. The maximum Gasteiger partial charge on any atom is 0.251 e. The van der Waals surface area contributed by atoms with Gasteiger partial charge in [-0.15, -0.1) is 0 Å². The summed E-state index contributed by atoms with van der Waals surface area (Å²) in [5, 5.41) is 6.92. The van der Waals surface area contributed by atoms with Crippen LogP contribution in [-0.2, 0) is 14.6 Å². The average molecular weight is 425 g/mol. The van der Waals surface area contributed by atoms with Crippen LogP contribution in [0.2, 0.25) is 0 Å². The summed E-state index contributed by atoms with van der Waals surface area (Å²) in [7, 11) is -2.94.